The van der Waals surface area contributed by atoms with Crippen molar-refractivity contribution in [3.05, 3.63) is 126 Å². The van der Waals surface area contributed by atoms with Gasteiger partial charge < -0.3 is 0 Å². The van der Waals surface area contributed by atoms with Crippen molar-refractivity contribution in [1.82, 2.24) is 0 Å². The summed E-state index contributed by atoms with van der Waals surface area (Å²) in [7, 11) is 0. The first kappa shape index (κ1) is 20.1. The Hall–Kier alpha value is -3.80. The molecule has 0 fully saturated rings. The van der Waals surface area contributed by atoms with Crippen molar-refractivity contribution in [1.29, 1.82) is 0 Å². The second-order valence-electron chi connectivity index (χ2n) is 7.54. The van der Waals surface area contributed by atoms with Crippen molar-refractivity contribution in [3.8, 4) is 11.8 Å². The molecule has 1 unspecified atom stereocenters. The molecule has 152 valence electrons. The fraction of sp³-hybridized carbons (Fsp3) is 0.0333. The van der Waals surface area contributed by atoms with E-state index in [1.807, 2.05) is 36.4 Å². The molecule has 0 saturated carbocycles. The van der Waals surface area contributed by atoms with Crippen LogP contribution in [0.25, 0.3) is 21.5 Å². The van der Waals surface area contributed by atoms with Crippen LogP contribution in [0.15, 0.2) is 120 Å². The van der Waals surface area contributed by atoms with E-state index in [2.05, 4.69) is 78.6 Å². The monoisotopic (exact) mass is 428 g/mol. The lowest BCUT2D eigenvalue weighted by Crippen LogP contribution is -1.97. The van der Waals surface area contributed by atoms with Crippen molar-refractivity contribution in [2.45, 2.75) is 10.1 Å². The standard InChI is InChI=1S/C30H20OS/c31-29(22-10-3-1-4-11-22)18-19-30(32-26-15-5-2-6-16-26)27-17-9-14-25-20-23-12-7-8-13-24(23)21-28(25)27/h1-17,20-21,30H. The van der Waals surface area contributed by atoms with Crippen LogP contribution in [0.4, 0.5) is 0 Å². The third-order valence-electron chi connectivity index (χ3n) is 5.41. The molecule has 0 heterocycles. The quantitative estimate of drug-likeness (QED) is 0.0958. The van der Waals surface area contributed by atoms with Crippen molar-refractivity contribution < 1.29 is 4.79 Å². The number of rotatable bonds is 4. The van der Waals surface area contributed by atoms with Gasteiger partial charge in [-0.1, -0.05) is 96.9 Å². The van der Waals surface area contributed by atoms with E-state index in [0.29, 0.717) is 5.56 Å². The number of carbonyl (C=O) groups excluding carboxylic acids is 1. The molecular weight excluding hydrogens is 408 g/mol. The molecule has 0 aromatic heterocycles. The van der Waals surface area contributed by atoms with Crippen LogP contribution in [0.2, 0.25) is 0 Å². The summed E-state index contributed by atoms with van der Waals surface area (Å²) in [6.45, 7) is 0. The van der Waals surface area contributed by atoms with Crippen LogP contribution in [-0.2, 0) is 0 Å². The minimum absolute atomic E-state index is 0.157. The predicted octanol–water partition coefficient (Wildman–Crippen LogP) is 7.71. The summed E-state index contributed by atoms with van der Waals surface area (Å²) >= 11 is 1.67. The summed E-state index contributed by atoms with van der Waals surface area (Å²) in [5.74, 6) is 6.04. The maximum Gasteiger partial charge on any atom is 0.235 e. The minimum atomic E-state index is -0.171. The third kappa shape index (κ3) is 4.30. The van der Waals surface area contributed by atoms with E-state index in [9.17, 15) is 4.79 Å². The Bertz CT molecular complexity index is 1460. The molecule has 5 rings (SSSR count). The average Bonchev–Trinajstić information content (AvgIpc) is 2.86. The molecule has 0 N–H and O–H groups in total. The van der Waals surface area contributed by atoms with Crippen molar-refractivity contribution in [3.63, 3.8) is 0 Å². The average molecular weight is 429 g/mol. The number of carbonyl (C=O) groups is 1. The largest absolute Gasteiger partial charge is 0.279 e. The summed E-state index contributed by atoms with van der Waals surface area (Å²) in [6, 6.07) is 38.6. The van der Waals surface area contributed by atoms with Crippen LogP contribution in [-0.4, -0.2) is 5.78 Å². The zero-order chi connectivity index (χ0) is 21.8. The van der Waals surface area contributed by atoms with E-state index < -0.39 is 0 Å². The van der Waals surface area contributed by atoms with E-state index in [0.717, 1.165) is 10.5 Å². The maximum absolute atomic E-state index is 12.7. The molecule has 5 aromatic carbocycles. The van der Waals surface area contributed by atoms with Gasteiger partial charge in [-0.05, 0) is 57.3 Å². The third-order valence-corrected chi connectivity index (χ3v) is 6.56. The molecule has 0 bridgehead atoms. The van der Waals surface area contributed by atoms with E-state index >= 15 is 0 Å². The Morgan fingerprint density at radius 3 is 2.03 bits per heavy atom. The molecule has 0 saturated heterocycles. The highest BCUT2D eigenvalue weighted by molar-refractivity contribution is 7.99. The van der Waals surface area contributed by atoms with Crippen LogP contribution in [0.5, 0.6) is 0 Å². The summed E-state index contributed by atoms with van der Waals surface area (Å²) in [5.41, 5.74) is 1.74. The molecule has 0 aliphatic carbocycles. The topological polar surface area (TPSA) is 17.1 Å². The van der Waals surface area contributed by atoms with E-state index in [4.69, 9.17) is 0 Å². The van der Waals surface area contributed by atoms with Gasteiger partial charge in [-0.15, -0.1) is 11.8 Å². The lowest BCUT2D eigenvalue weighted by molar-refractivity contribution is 0.105. The van der Waals surface area contributed by atoms with Gasteiger partial charge in [-0.2, -0.15) is 0 Å². The molecule has 1 atom stereocenters. The zero-order valence-corrected chi connectivity index (χ0v) is 18.2. The Morgan fingerprint density at radius 2 is 1.28 bits per heavy atom. The molecule has 0 radical (unpaired) electrons. The lowest BCUT2D eigenvalue weighted by Gasteiger charge is -2.15. The number of hydrogen-bond acceptors (Lipinski definition) is 2. The Labute approximate surface area is 192 Å². The molecule has 0 spiro atoms. The van der Waals surface area contributed by atoms with E-state index in [1.165, 1.54) is 21.5 Å². The normalized spacial score (nSPS) is 11.6. The first-order valence-electron chi connectivity index (χ1n) is 10.5. The Kier molecular flexibility index (Phi) is 5.75. The molecule has 32 heavy (non-hydrogen) atoms. The van der Waals surface area contributed by atoms with Crippen molar-refractivity contribution >= 4 is 39.1 Å². The van der Waals surface area contributed by atoms with Crippen molar-refractivity contribution in [2.24, 2.45) is 0 Å². The van der Waals surface area contributed by atoms with Gasteiger partial charge in [-0.3, -0.25) is 4.79 Å². The second-order valence-corrected chi connectivity index (χ2v) is 8.72. The summed E-state index contributed by atoms with van der Waals surface area (Å²) in [4.78, 5) is 13.8. The summed E-state index contributed by atoms with van der Waals surface area (Å²) < 4.78 is 0. The number of hydrogen-bond donors (Lipinski definition) is 0. The van der Waals surface area contributed by atoms with Crippen LogP contribution in [0.1, 0.15) is 21.2 Å². The van der Waals surface area contributed by atoms with Crippen molar-refractivity contribution in [2.75, 3.05) is 0 Å². The fourth-order valence-corrected chi connectivity index (χ4v) is 4.86. The molecule has 0 aliphatic rings. The lowest BCUT2D eigenvalue weighted by atomic mass is 9.98. The number of thioether (sulfide) groups is 1. The van der Waals surface area contributed by atoms with Gasteiger partial charge in [0.15, 0.2) is 0 Å². The van der Waals surface area contributed by atoms with Gasteiger partial charge in [0, 0.05) is 10.5 Å². The van der Waals surface area contributed by atoms with Crippen LogP contribution in [0, 0.1) is 11.8 Å². The molecule has 1 nitrogen and oxygen atoms in total. The van der Waals surface area contributed by atoms with Gasteiger partial charge in [0.2, 0.25) is 5.78 Å². The second kappa shape index (κ2) is 9.14. The van der Waals surface area contributed by atoms with Gasteiger partial charge in [0.25, 0.3) is 0 Å². The first-order chi connectivity index (χ1) is 15.8. The number of benzene rings is 5. The number of ketones is 1. The molecule has 2 heteroatoms. The van der Waals surface area contributed by atoms with Gasteiger partial charge in [0.05, 0.1) is 5.25 Å². The molecule has 0 aliphatic heterocycles. The summed E-state index contributed by atoms with van der Waals surface area (Å²) in [6.07, 6.45) is 0. The van der Waals surface area contributed by atoms with E-state index in [1.54, 1.807) is 23.9 Å². The molecule has 5 aromatic rings. The van der Waals surface area contributed by atoms with Crippen LogP contribution >= 0.6 is 11.8 Å². The minimum Gasteiger partial charge on any atom is -0.279 e. The van der Waals surface area contributed by atoms with E-state index in [-0.39, 0.29) is 11.0 Å². The highest BCUT2D eigenvalue weighted by Gasteiger charge is 2.15. The number of Topliss-reactive ketones (excluding diaryl/α,β-unsaturated/α-hetero) is 1. The van der Waals surface area contributed by atoms with Crippen LogP contribution in [0.3, 0.4) is 0 Å². The maximum atomic E-state index is 12.7. The fourth-order valence-electron chi connectivity index (χ4n) is 3.82. The Balaban J connectivity index is 1.62. The predicted molar refractivity (Wildman–Crippen MR) is 135 cm³/mol. The molecular formula is C30H20OS. The first-order valence-corrected chi connectivity index (χ1v) is 11.4. The smallest absolute Gasteiger partial charge is 0.235 e. The highest BCUT2D eigenvalue weighted by atomic mass is 32.2. The SMILES string of the molecule is O=C(C#CC(Sc1ccccc1)c1cccc2cc3ccccc3cc12)c1ccccc1. The highest BCUT2D eigenvalue weighted by Crippen LogP contribution is 2.39. The zero-order valence-electron chi connectivity index (χ0n) is 17.4. The molecule has 0 amide bonds. The van der Waals surface area contributed by atoms with Gasteiger partial charge in [0.1, 0.15) is 0 Å². The van der Waals surface area contributed by atoms with Gasteiger partial charge >= 0.3 is 0 Å². The number of fused-ring (bicyclic) bond motifs is 2. The van der Waals surface area contributed by atoms with Crippen LogP contribution < -0.4 is 0 Å². The van der Waals surface area contributed by atoms with Gasteiger partial charge in [-0.25, -0.2) is 0 Å². The Morgan fingerprint density at radius 1 is 0.656 bits per heavy atom. The summed E-state index contributed by atoms with van der Waals surface area (Å²) in [5, 5.41) is 4.59.